The Morgan fingerprint density at radius 3 is 2.54 bits per heavy atom. The highest BCUT2D eigenvalue weighted by atomic mass is 32.2. The van der Waals surface area contributed by atoms with E-state index in [-0.39, 0.29) is 23.9 Å². The molecule has 8 nitrogen and oxygen atoms in total. The van der Waals surface area contributed by atoms with Crippen molar-refractivity contribution >= 4 is 45.8 Å². The molecule has 2 aromatic carbocycles. The van der Waals surface area contributed by atoms with E-state index >= 15 is 0 Å². The van der Waals surface area contributed by atoms with Crippen molar-refractivity contribution in [1.82, 2.24) is 5.32 Å². The first kappa shape index (κ1) is 17.6. The summed E-state index contributed by atoms with van der Waals surface area (Å²) in [6, 6.07) is 14.6. The van der Waals surface area contributed by atoms with Crippen molar-refractivity contribution in [2.75, 3.05) is 5.32 Å². The van der Waals surface area contributed by atoms with Crippen LogP contribution in [0.1, 0.15) is 6.42 Å². The predicted molar refractivity (Wildman–Crippen MR) is 99.4 cm³/mol. The lowest BCUT2D eigenvalue weighted by Gasteiger charge is -2.22. The SMILES string of the molecule is O=C1C[C@H](C(=O)Nc2ccc([N+](=O)[O-])cc2)SC(=Nc2ccccc2)N1. The van der Waals surface area contributed by atoms with E-state index in [9.17, 15) is 19.7 Å². The largest absolute Gasteiger partial charge is 0.325 e. The van der Waals surface area contributed by atoms with Crippen LogP contribution < -0.4 is 10.6 Å². The average Bonchev–Trinajstić information content (AvgIpc) is 2.62. The standard InChI is InChI=1S/C17H14N4O4S/c22-15-10-14(26-17(20-15)19-11-4-2-1-3-5-11)16(23)18-12-6-8-13(9-7-12)21(24)25/h1-9,14H,10H2,(H,18,23)(H,19,20,22)/t14-/m1/s1. The topological polar surface area (TPSA) is 114 Å². The lowest BCUT2D eigenvalue weighted by atomic mass is 10.2. The number of nitrogens with zero attached hydrogens (tertiary/aromatic N) is 2. The van der Waals surface area contributed by atoms with Crippen molar-refractivity contribution in [1.29, 1.82) is 0 Å². The summed E-state index contributed by atoms with van der Waals surface area (Å²) in [6.45, 7) is 0. The highest BCUT2D eigenvalue weighted by Crippen LogP contribution is 2.25. The minimum atomic E-state index is -0.638. The number of carbonyl (C=O) groups is 2. The van der Waals surface area contributed by atoms with Gasteiger partial charge >= 0.3 is 0 Å². The van der Waals surface area contributed by atoms with Gasteiger partial charge < -0.3 is 10.6 Å². The Morgan fingerprint density at radius 2 is 1.88 bits per heavy atom. The fourth-order valence-electron chi connectivity index (χ4n) is 2.25. The van der Waals surface area contributed by atoms with Gasteiger partial charge in [0.1, 0.15) is 5.25 Å². The van der Waals surface area contributed by atoms with Gasteiger partial charge in [0, 0.05) is 24.2 Å². The van der Waals surface area contributed by atoms with Gasteiger partial charge in [-0.25, -0.2) is 4.99 Å². The van der Waals surface area contributed by atoms with Crippen LogP contribution in [0, 0.1) is 10.1 Å². The number of para-hydroxylation sites is 1. The third-order valence-electron chi connectivity index (χ3n) is 3.50. The summed E-state index contributed by atoms with van der Waals surface area (Å²) in [5.41, 5.74) is 1.03. The molecule has 0 spiro atoms. The van der Waals surface area contributed by atoms with Crippen LogP contribution in [0.3, 0.4) is 0 Å². The Hall–Kier alpha value is -3.20. The third-order valence-corrected chi connectivity index (χ3v) is 4.58. The summed E-state index contributed by atoms with van der Waals surface area (Å²) < 4.78 is 0. The summed E-state index contributed by atoms with van der Waals surface area (Å²) in [5.74, 6) is -0.651. The van der Waals surface area contributed by atoms with Crippen LogP contribution in [0.5, 0.6) is 0 Å². The molecule has 0 bridgehead atoms. The van der Waals surface area contributed by atoms with E-state index in [4.69, 9.17) is 0 Å². The van der Waals surface area contributed by atoms with Crippen LogP contribution in [-0.4, -0.2) is 27.2 Å². The fourth-order valence-corrected chi connectivity index (χ4v) is 3.26. The van der Waals surface area contributed by atoms with E-state index in [1.165, 1.54) is 24.3 Å². The molecular formula is C17H14N4O4S. The molecule has 132 valence electrons. The smallest absolute Gasteiger partial charge is 0.269 e. The van der Waals surface area contributed by atoms with Gasteiger partial charge in [0.2, 0.25) is 11.8 Å². The molecule has 1 aliphatic rings. The molecule has 0 radical (unpaired) electrons. The molecule has 1 atom stereocenters. The number of nitro benzene ring substituents is 1. The molecule has 2 N–H and O–H groups in total. The molecule has 2 aromatic rings. The van der Waals surface area contributed by atoms with Crippen LogP contribution >= 0.6 is 11.8 Å². The van der Waals surface area contributed by atoms with E-state index in [1.54, 1.807) is 12.1 Å². The molecule has 1 heterocycles. The molecule has 3 rings (SSSR count). The Morgan fingerprint density at radius 1 is 1.19 bits per heavy atom. The average molecular weight is 370 g/mol. The minimum absolute atomic E-state index is 0.0251. The first-order chi connectivity index (χ1) is 12.5. The van der Waals surface area contributed by atoms with Gasteiger partial charge in [0.15, 0.2) is 5.17 Å². The molecule has 2 amide bonds. The zero-order chi connectivity index (χ0) is 18.5. The third kappa shape index (κ3) is 4.45. The maximum Gasteiger partial charge on any atom is 0.269 e. The second-order valence-corrected chi connectivity index (χ2v) is 6.60. The van der Waals surface area contributed by atoms with E-state index < -0.39 is 10.2 Å². The van der Waals surface area contributed by atoms with Crippen LogP contribution in [0.2, 0.25) is 0 Å². The Kier molecular flexibility index (Phi) is 5.28. The van der Waals surface area contributed by atoms with Gasteiger partial charge in [-0.05, 0) is 24.3 Å². The number of hydrogen-bond donors (Lipinski definition) is 2. The Labute approximate surface area is 152 Å². The number of hydrogen-bond acceptors (Lipinski definition) is 6. The molecule has 1 aliphatic heterocycles. The summed E-state index contributed by atoms with van der Waals surface area (Å²) in [4.78, 5) is 38.8. The van der Waals surface area contributed by atoms with E-state index in [0.29, 0.717) is 16.5 Å². The van der Waals surface area contributed by atoms with Gasteiger partial charge in [-0.1, -0.05) is 30.0 Å². The van der Waals surface area contributed by atoms with Crippen molar-refractivity contribution < 1.29 is 14.5 Å². The number of amides is 2. The summed E-state index contributed by atoms with van der Waals surface area (Å²) in [5, 5.41) is 15.7. The lowest BCUT2D eigenvalue weighted by Crippen LogP contribution is -2.41. The van der Waals surface area contributed by atoms with Gasteiger partial charge in [-0.15, -0.1) is 0 Å². The molecular weight excluding hydrogens is 356 g/mol. The number of carbonyl (C=O) groups excluding carboxylic acids is 2. The van der Waals surface area contributed by atoms with Crippen molar-refractivity contribution in [3.63, 3.8) is 0 Å². The van der Waals surface area contributed by atoms with Crippen LogP contribution in [-0.2, 0) is 9.59 Å². The molecule has 0 saturated carbocycles. The van der Waals surface area contributed by atoms with Crippen LogP contribution in [0.15, 0.2) is 59.6 Å². The first-order valence-corrected chi connectivity index (χ1v) is 8.55. The molecule has 0 aliphatic carbocycles. The van der Waals surface area contributed by atoms with E-state index in [2.05, 4.69) is 15.6 Å². The maximum atomic E-state index is 12.4. The number of nitrogens with one attached hydrogen (secondary N) is 2. The van der Waals surface area contributed by atoms with Crippen LogP contribution in [0.25, 0.3) is 0 Å². The summed E-state index contributed by atoms with van der Waals surface area (Å²) >= 11 is 1.16. The normalized spacial score (nSPS) is 18.2. The Bertz CT molecular complexity index is 868. The molecule has 1 saturated heterocycles. The molecule has 0 aromatic heterocycles. The quantitative estimate of drug-likeness (QED) is 0.634. The lowest BCUT2D eigenvalue weighted by molar-refractivity contribution is -0.384. The fraction of sp³-hybridized carbons (Fsp3) is 0.118. The molecule has 9 heteroatoms. The number of rotatable bonds is 4. The predicted octanol–water partition coefficient (Wildman–Crippen LogP) is 2.84. The van der Waals surface area contributed by atoms with Crippen LogP contribution in [0.4, 0.5) is 17.1 Å². The number of amidine groups is 1. The number of nitro groups is 1. The van der Waals surface area contributed by atoms with E-state index in [1.807, 2.05) is 18.2 Å². The highest BCUT2D eigenvalue weighted by Gasteiger charge is 2.30. The monoisotopic (exact) mass is 370 g/mol. The van der Waals surface area contributed by atoms with Crippen molar-refractivity contribution in [3.05, 3.63) is 64.7 Å². The number of non-ortho nitro benzene ring substituents is 1. The summed E-state index contributed by atoms with van der Waals surface area (Å²) in [7, 11) is 0. The number of thioether (sulfide) groups is 1. The molecule has 26 heavy (non-hydrogen) atoms. The second-order valence-electron chi connectivity index (χ2n) is 5.40. The minimum Gasteiger partial charge on any atom is -0.325 e. The van der Waals surface area contributed by atoms with Crippen molar-refractivity contribution in [3.8, 4) is 0 Å². The van der Waals surface area contributed by atoms with Crippen molar-refractivity contribution in [2.24, 2.45) is 4.99 Å². The number of benzene rings is 2. The first-order valence-electron chi connectivity index (χ1n) is 7.67. The van der Waals surface area contributed by atoms with Crippen molar-refractivity contribution in [2.45, 2.75) is 11.7 Å². The second kappa shape index (κ2) is 7.79. The number of anilines is 1. The highest BCUT2D eigenvalue weighted by molar-refractivity contribution is 8.15. The maximum absolute atomic E-state index is 12.4. The van der Waals surface area contributed by atoms with Gasteiger partial charge in [-0.3, -0.25) is 19.7 Å². The van der Waals surface area contributed by atoms with Gasteiger partial charge in [0.25, 0.3) is 5.69 Å². The van der Waals surface area contributed by atoms with Gasteiger partial charge in [0.05, 0.1) is 10.6 Å². The zero-order valence-corrected chi connectivity index (χ0v) is 14.2. The van der Waals surface area contributed by atoms with Gasteiger partial charge in [-0.2, -0.15) is 0 Å². The zero-order valence-electron chi connectivity index (χ0n) is 13.4. The van der Waals surface area contributed by atoms with E-state index in [0.717, 1.165) is 11.8 Å². The summed E-state index contributed by atoms with van der Waals surface area (Å²) in [6.07, 6.45) is 0.0251. The molecule has 1 fully saturated rings. The number of aliphatic imine (C=N–C) groups is 1. The Balaban J connectivity index is 1.69. The molecule has 0 unspecified atom stereocenters.